The van der Waals surface area contributed by atoms with Gasteiger partial charge < -0.3 is 9.26 Å². The van der Waals surface area contributed by atoms with E-state index in [1.165, 1.54) is 97.0 Å². The fraction of sp³-hybridized carbons (Fsp3) is 0.963. The largest absolute Gasteiger partial charge is 0.534 e. The highest BCUT2D eigenvalue weighted by atomic mass is 32.2. The molecule has 0 aromatic carbocycles. The second-order valence-corrected chi connectivity index (χ2v) is 12.3. The van der Waals surface area contributed by atoms with E-state index in [0.717, 1.165) is 18.6 Å². The van der Waals surface area contributed by atoms with Crippen molar-refractivity contribution < 1.29 is 27.7 Å². The summed E-state index contributed by atoms with van der Waals surface area (Å²) in [5.74, 6) is 1.06. The average molecular weight is 539 g/mol. The molecule has 8 heteroatoms. The first kappa shape index (κ1) is 34.8. The van der Waals surface area contributed by atoms with E-state index in [0.29, 0.717) is 6.42 Å². The predicted molar refractivity (Wildman–Crippen MR) is 149 cm³/mol. The van der Waals surface area contributed by atoms with Crippen LogP contribution in [0.4, 0.5) is 4.79 Å². The molecule has 0 N–H and O–H groups in total. The van der Waals surface area contributed by atoms with Crippen LogP contribution in [0.1, 0.15) is 137 Å². The molecule has 0 aromatic rings. The number of unbranched alkanes of at least 4 members (excludes halogenated alkanes) is 13. The number of methoxy groups -OCH3 is 1. The normalized spacial score (nSPS) is 14.9. The third-order valence-electron chi connectivity index (χ3n) is 6.05. The van der Waals surface area contributed by atoms with Gasteiger partial charge in [0.15, 0.2) is 0 Å². The number of phosphoric ester groups is 1. The molecule has 3 atom stereocenters. The number of ether oxygens (including phenoxy) is 1. The summed E-state index contributed by atoms with van der Waals surface area (Å²) < 4.78 is 33.6. The topological polar surface area (TPSA) is 71.1 Å². The van der Waals surface area contributed by atoms with E-state index >= 15 is 0 Å². The average Bonchev–Trinajstić information content (AvgIpc) is 2.84. The minimum Gasteiger partial charge on any atom is -0.437 e. The van der Waals surface area contributed by atoms with Crippen molar-refractivity contribution in [3.63, 3.8) is 0 Å². The maximum absolute atomic E-state index is 13.1. The Morgan fingerprint density at radius 1 is 0.771 bits per heavy atom. The van der Waals surface area contributed by atoms with Crippen molar-refractivity contribution in [2.45, 2.75) is 148 Å². The van der Waals surface area contributed by atoms with Crippen LogP contribution < -0.4 is 0 Å². The lowest BCUT2D eigenvalue weighted by Crippen LogP contribution is -2.24. The molecule has 0 fully saturated rings. The third kappa shape index (κ3) is 20.5. The molecule has 0 radical (unpaired) electrons. The molecular weight excluding hydrogens is 483 g/mol. The van der Waals surface area contributed by atoms with Gasteiger partial charge in [0.05, 0.1) is 19.8 Å². The highest BCUT2D eigenvalue weighted by Gasteiger charge is 2.36. The van der Waals surface area contributed by atoms with Crippen molar-refractivity contribution in [2.24, 2.45) is 0 Å². The van der Waals surface area contributed by atoms with Gasteiger partial charge in [-0.05, 0) is 31.9 Å². The zero-order valence-corrected chi connectivity index (χ0v) is 25.1. The highest BCUT2D eigenvalue weighted by molar-refractivity contribution is 7.99. The van der Waals surface area contributed by atoms with Crippen molar-refractivity contribution in [2.75, 3.05) is 19.5 Å². The number of phosphoric acid groups is 1. The zero-order valence-electron chi connectivity index (χ0n) is 23.4. The molecule has 0 saturated carbocycles. The molecule has 0 saturated heterocycles. The van der Waals surface area contributed by atoms with Crippen molar-refractivity contribution >= 4 is 25.7 Å². The number of carbonyl (C=O) groups excluding carboxylic acids is 1. The second kappa shape index (κ2) is 24.1. The maximum atomic E-state index is 13.1. The van der Waals surface area contributed by atoms with Crippen LogP contribution in [0.15, 0.2) is 0 Å². The molecule has 210 valence electrons. The van der Waals surface area contributed by atoms with Crippen LogP contribution in [0, 0.1) is 0 Å². The number of rotatable bonds is 25. The van der Waals surface area contributed by atoms with Gasteiger partial charge in [0.2, 0.25) is 0 Å². The van der Waals surface area contributed by atoms with Crippen molar-refractivity contribution in [3.05, 3.63) is 0 Å². The highest BCUT2D eigenvalue weighted by Crippen LogP contribution is 2.52. The number of carbonyl (C=O) groups is 1. The molecule has 0 rings (SSSR count). The van der Waals surface area contributed by atoms with Crippen LogP contribution in [0.25, 0.3) is 0 Å². The molecule has 0 aliphatic rings. The minimum atomic E-state index is -4.02. The Morgan fingerprint density at radius 2 is 1.29 bits per heavy atom. The Hall–Kier alpha value is -0.230. The Balaban J connectivity index is 4.60. The maximum Gasteiger partial charge on any atom is 0.534 e. The second-order valence-electron chi connectivity index (χ2n) is 9.43. The summed E-state index contributed by atoms with van der Waals surface area (Å²) >= 11 is 1.89. The zero-order chi connectivity index (χ0) is 26.2. The quantitative estimate of drug-likeness (QED) is 0.0650. The molecule has 0 aliphatic carbocycles. The summed E-state index contributed by atoms with van der Waals surface area (Å²) in [5.41, 5.74) is 0. The molecule has 0 bridgehead atoms. The van der Waals surface area contributed by atoms with Gasteiger partial charge in [-0.1, -0.05) is 111 Å². The lowest BCUT2D eigenvalue weighted by molar-refractivity contribution is 0.0669. The Kier molecular flexibility index (Phi) is 24.0. The summed E-state index contributed by atoms with van der Waals surface area (Å²) in [4.78, 5) is 11.6. The summed E-state index contributed by atoms with van der Waals surface area (Å²) in [6.07, 6.45) is 19.5. The number of thioether (sulfide) groups is 1. The van der Waals surface area contributed by atoms with Crippen LogP contribution in [-0.2, 0) is 22.9 Å². The van der Waals surface area contributed by atoms with E-state index in [-0.39, 0.29) is 18.0 Å². The summed E-state index contributed by atoms with van der Waals surface area (Å²) in [6, 6.07) is 0. The van der Waals surface area contributed by atoms with Crippen LogP contribution in [0.2, 0.25) is 0 Å². The molecule has 0 spiro atoms. The van der Waals surface area contributed by atoms with Crippen LogP contribution >= 0.6 is 19.6 Å². The molecule has 0 aromatic heterocycles. The fourth-order valence-electron chi connectivity index (χ4n) is 3.91. The summed E-state index contributed by atoms with van der Waals surface area (Å²) in [6.45, 7) is 8.47. The molecule has 0 heterocycles. The Bertz CT molecular complexity index is 534. The first-order valence-corrected chi connectivity index (χ1v) is 16.7. The lowest BCUT2D eigenvalue weighted by atomic mass is 10.1. The van der Waals surface area contributed by atoms with Gasteiger partial charge >= 0.3 is 14.0 Å². The van der Waals surface area contributed by atoms with Gasteiger partial charge in [-0.2, -0.15) is 11.8 Å². The molecule has 35 heavy (non-hydrogen) atoms. The van der Waals surface area contributed by atoms with Crippen LogP contribution in [0.5, 0.6) is 0 Å². The lowest BCUT2D eigenvalue weighted by Gasteiger charge is -2.27. The van der Waals surface area contributed by atoms with E-state index in [1.807, 2.05) is 25.6 Å². The van der Waals surface area contributed by atoms with Crippen molar-refractivity contribution in [3.8, 4) is 0 Å². The third-order valence-corrected chi connectivity index (χ3v) is 9.08. The predicted octanol–water partition coefficient (Wildman–Crippen LogP) is 10.1. The van der Waals surface area contributed by atoms with E-state index in [4.69, 9.17) is 13.6 Å². The van der Waals surface area contributed by atoms with Gasteiger partial charge in [0.25, 0.3) is 0 Å². The summed E-state index contributed by atoms with van der Waals surface area (Å²) in [5, 5.41) is 0.176. The van der Waals surface area contributed by atoms with Gasteiger partial charge in [-0.3, -0.25) is 9.05 Å². The summed E-state index contributed by atoms with van der Waals surface area (Å²) in [7, 11) is -2.85. The Morgan fingerprint density at radius 3 is 1.80 bits per heavy atom. The van der Waals surface area contributed by atoms with Gasteiger partial charge in [-0.25, -0.2) is 9.36 Å². The van der Waals surface area contributed by atoms with E-state index in [9.17, 15) is 9.36 Å². The fourth-order valence-corrected chi connectivity index (χ4v) is 6.70. The van der Waals surface area contributed by atoms with Crippen molar-refractivity contribution in [1.29, 1.82) is 0 Å². The van der Waals surface area contributed by atoms with E-state index in [1.54, 1.807) is 0 Å². The molecule has 0 aliphatic heterocycles. The van der Waals surface area contributed by atoms with E-state index in [2.05, 4.69) is 18.6 Å². The van der Waals surface area contributed by atoms with Crippen LogP contribution in [0.3, 0.4) is 0 Å². The first-order valence-electron chi connectivity index (χ1n) is 14.2. The van der Waals surface area contributed by atoms with Gasteiger partial charge in [0.1, 0.15) is 0 Å². The smallest absolute Gasteiger partial charge is 0.437 e. The standard InChI is InChI=1S/C27H55O6PS/c1-6-9-11-13-14-15-16-17-19-21-24-35-26(22-20-18-12-10-7-2)25(4)32-34(29,31-23-8-3)33-27(28)30-5/h25-26H,6-24H2,1-5H3. The first-order chi connectivity index (χ1) is 16.9. The Labute approximate surface area is 221 Å². The van der Waals surface area contributed by atoms with Crippen molar-refractivity contribution in [1.82, 2.24) is 0 Å². The van der Waals surface area contributed by atoms with E-state index < -0.39 is 14.0 Å². The molecule has 3 unspecified atom stereocenters. The number of hydrogen-bond donors (Lipinski definition) is 0. The molecule has 0 amide bonds. The molecule has 6 nitrogen and oxygen atoms in total. The van der Waals surface area contributed by atoms with Gasteiger partial charge in [-0.15, -0.1) is 0 Å². The van der Waals surface area contributed by atoms with Gasteiger partial charge in [0, 0.05) is 5.25 Å². The van der Waals surface area contributed by atoms with Crippen LogP contribution in [-0.4, -0.2) is 37.0 Å². The molecular formula is C27H55O6PS. The SMILES string of the molecule is CCCCCCCCCCCCSC(CCCCCCC)C(C)OP(=O)(OCCC)OC(=O)OC. The monoisotopic (exact) mass is 538 g/mol. The number of hydrogen-bond acceptors (Lipinski definition) is 7. The minimum absolute atomic E-state index is 0.176.